The Kier molecular flexibility index (Phi) is 3.73. The van der Waals surface area contributed by atoms with Crippen LogP contribution in [0.4, 0.5) is 4.79 Å². The Bertz CT molecular complexity index is 617. The molecule has 1 amide bonds. The second-order valence-electron chi connectivity index (χ2n) is 5.12. The van der Waals surface area contributed by atoms with Gasteiger partial charge >= 0.3 is 6.09 Å². The predicted molar refractivity (Wildman–Crippen MR) is 70.4 cm³/mol. The first-order valence-corrected chi connectivity index (χ1v) is 6.11. The normalized spacial score (nSPS) is 11.4. The number of hydrogen-bond donors (Lipinski definition) is 1. The van der Waals surface area contributed by atoms with E-state index in [-0.39, 0.29) is 6.54 Å². The van der Waals surface area contributed by atoms with Gasteiger partial charge in [-0.1, -0.05) is 0 Å². The number of carbonyl (C=O) groups excluding carboxylic acids is 1. The fraction of sp³-hybridized carbons (Fsp3) is 0.500. The highest BCUT2D eigenvalue weighted by molar-refractivity contribution is 5.67. The molecule has 2 heterocycles. The zero-order valence-corrected chi connectivity index (χ0v) is 11.9. The van der Waals surface area contributed by atoms with Crippen molar-refractivity contribution in [2.75, 3.05) is 7.11 Å². The van der Waals surface area contributed by atoms with Crippen LogP contribution in [0.3, 0.4) is 0 Å². The van der Waals surface area contributed by atoms with Gasteiger partial charge in [0.25, 0.3) is 0 Å². The molecule has 2 aromatic rings. The Hall–Kier alpha value is -2.38. The van der Waals surface area contributed by atoms with Crippen molar-refractivity contribution < 1.29 is 14.3 Å². The van der Waals surface area contributed by atoms with Crippen molar-refractivity contribution in [2.24, 2.45) is 0 Å². The minimum atomic E-state index is -0.543. The third-order valence-electron chi connectivity index (χ3n) is 2.30. The standard InChI is InChI=1S/C12H17N5O3/c1-12(2,3)20-11(18)13-7-9-15-14-8-5-6-10(19-4)16-17(8)9/h5-6H,7H2,1-4H3,(H,13,18). The highest BCUT2D eigenvalue weighted by atomic mass is 16.6. The average molecular weight is 279 g/mol. The topological polar surface area (TPSA) is 90.6 Å². The van der Waals surface area contributed by atoms with E-state index in [0.717, 1.165) is 0 Å². The largest absolute Gasteiger partial charge is 0.480 e. The lowest BCUT2D eigenvalue weighted by Crippen LogP contribution is -2.32. The molecule has 0 unspecified atom stereocenters. The zero-order valence-electron chi connectivity index (χ0n) is 11.9. The molecular formula is C12H17N5O3. The summed E-state index contributed by atoms with van der Waals surface area (Å²) in [5.41, 5.74) is 0.0325. The van der Waals surface area contributed by atoms with E-state index in [0.29, 0.717) is 17.4 Å². The summed E-state index contributed by atoms with van der Waals surface area (Å²) < 4.78 is 11.7. The van der Waals surface area contributed by atoms with Crippen LogP contribution >= 0.6 is 0 Å². The molecular weight excluding hydrogens is 262 g/mol. The lowest BCUT2D eigenvalue weighted by Gasteiger charge is -2.19. The molecule has 0 saturated heterocycles. The van der Waals surface area contributed by atoms with Crippen molar-refractivity contribution in [2.45, 2.75) is 32.9 Å². The summed E-state index contributed by atoms with van der Waals surface area (Å²) in [5.74, 6) is 0.931. The van der Waals surface area contributed by atoms with E-state index in [1.54, 1.807) is 32.9 Å². The molecule has 2 aromatic heterocycles. The zero-order chi connectivity index (χ0) is 14.8. The van der Waals surface area contributed by atoms with Gasteiger partial charge in [-0.3, -0.25) is 0 Å². The number of amides is 1. The number of nitrogens with one attached hydrogen (secondary N) is 1. The molecule has 0 fully saturated rings. The van der Waals surface area contributed by atoms with Crippen LogP contribution in [0.1, 0.15) is 26.6 Å². The average Bonchev–Trinajstić information content (AvgIpc) is 2.76. The number of carbonyl (C=O) groups is 1. The Morgan fingerprint density at radius 2 is 2.10 bits per heavy atom. The van der Waals surface area contributed by atoms with Crippen LogP contribution in [0, 0.1) is 0 Å². The number of alkyl carbamates (subject to hydrolysis) is 1. The summed E-state index contributed by atoms with van der Waals surface area (Å²) in [6, 6.07) is 3.42. The highest BCUT2D eigenvalue weighted by Crippen LogP contribution is 2.09. The number of aromatic nitrogens is 4. The van der Waals surface area contributed by atoms with Gasteiger partial charge in [0.1, 0.15) is 5.60 Å². The summed E-state index contributed by atoms with van der Waals surface area (Å²) in [6.07, 6.45) is -0.517. The molecule has 0 aliphatic heterocycles. The van der Waals surface area contributed by atoms with Crippen molar-refractivity contribution >= 4 is 11.7 Å². The molecule has 0 aliphatic rings. The molecule has 0 radical (unpaired) electrons. The Labute approximate surface area is 116 Å². The molecule has 0 aliphatic carbocycles. The molecule has 0 atom stereocenters. The molecule has 0 aromatic carbocycles. The maximum Gasteiger partial charge on any atom is 0.408 e. The second kappa shape index (κ2) is 5.32. The number of methoxy groups -OCH3 is 1. The van der Waals surface area contributed by atoms with Gasteiger partial charge < -0.3 is 14.8 Å². The van der Waals surface area contributed by atoms with Gasteiger partial charge in [-0.15, -0.1) is 15.3 Å². The third kappa shape index (κ3) is 3.34. The fourth-order valence-electron chi connectivity index (χ4n) is 1.50. The SMILES string of the molecule is COc1ccc2nnc(CNC(=O)OC(C)(C)C)n2n1. The first kappa shape index (κ1) is 14.0. The van der Waals surface area contributed by atoms with Crippen LogP contribution in [-0.4, -0.2) is 38.6 Å². The molecule has 108 valence electrons. The first-order valence-electron chi connectivity index (χ1n) is 6.11. The van der Waals surface area contributed by atoms with Gasteiger partial charge in [0, 0.05) is 6.07 Å². The molecule has 0 spiro atoms. The van der Waals surface area contributed by atoms with Crippen LogP contribution in [0.2, 0.25) is 0 Å². The van der Waals surface area contributed by atoms with E-state index < -0.39 is 11.7 Å². The lowest BCUT2D eigenvalue weighted by molar-refractivity contribution is 0.0522. The van der Waals surface area contributed by atoms with E-state index in [4.69, 9.17) is 9.47 Å². The van der Waals surface area contributed by atoms with E-state index >= 15 is 0 Å². The van der Waals surface area contributed by atoms with Gasteiger partial charge in [0.2, 0.25) is 5.88 Å². The van der Waals surface area contributed by atoms with Crippen molar-refractivity contribution in [3.05, 3.63) is 18.0 Å². The highest BCUT2D eigenvalue weighted by Gasteiger charge is 2.17. The van der Waals surface area contributed by atoms with Crippen LogP contribution < -0.4 is 10.1 Å². The molecule has 20 heavy (non-hydrogen) atoms. The van der Waals surface area contributed by atoms with Gasteiger partial charge in [-0.2, -0.15) is 4.52 Å². The van der Waals surface area contributed by atoms with Gasteiger partial charge in [0.05, 0.1) is 13.7 Å². The Morgan fingerprint density at radius 3 is 2.75 bits per heavy atom. The van der Waals surface area contributed by atoms with Crippen LogP contribution in [0.15, 0.2) is 12.1 Å². The first-order chi connectivity index (χ1) is 9.39. The maximum absolute atomic E-state index is 11.6. The smallest absolute Gasteiger partial charge is 0.408 e. The predicted octanol–water partition coefficient (Wildman–Crippen LogP) is 1.16. The lowest BCUT2D eigenvalue weighted by atomic mass is 10.2. The summed E-state index contributed by atoms with van der Waals surface area (Å²) in [5, 5.41) is 14.7. The summed E-state index contributed by atoms with van der Waals surface area (Å²) in [7, 11) is 1.52. The maximum atomic E-state index is 11.6. The Morgan fingerprint density at radius 1 is 1.35 bits per heavy atom. The monoisotopic (exact) mass is 279 g/mol. The van der Waals surface area contributed by atoms with Gasteiger partial charge in [-0.05, 0) is 26.8 Å². The van der Waals surface area contributed by atoms with Crippen LogP contribution in [0.25, 0.3) is 5.65 Å². The quantitative estimate of drug-likeness (QED) is 0.906. The number of fused-ring (bicyclic) bond motifs is 1. The van der Waals surface area contributed by atoms with Crippen molar-refractivity contribution in [3.63, 3.8) is 0 Å². The number of hydrogen-bond acceptors (Lipinski definition) is 6. The molecule has 8 heteroatoms. The van der Waals surface area contributed by atoms with Crippen LogP contribution in [-0.2, 0) is 11.3 Å². The number of rotatable bonds is 3. The second-order valence-corrected chi connectivity index (χ2v) is 5.12. The van der Waals surface area contributed by atoms with Gasteiger partial charge in [0.15, 0.2) is 11.5 Å². The summed E-state index contributed by atoms with van der Waals surface area (Å²) >= 11 is 0. The van der Waals surface area contributed by atoms with Crippen molar-refractivity contribution in [1.29, 1.82) is 0 Å². The van der Waals surface area contributed by atoms with E-state index in [1.807, 2.05) is 0 Å². The molecule has 1 N–H and O–H groups in total. The van der Waals surface area contributed by atoms with E-state index in [2.05, 4.69) is 20.6 Å². The molecule has 8 nitrogen and oxygen atoms in total. The minimum Gasteiger partial charge on any atom is -0.480 e. The molecule has 2 rings (SSSR count). The number of nitrogens with zero attached hydrogens (tertiary/aromatic N) is 4. The van der Waals surface area contributed by atoms with E-state index in [9.17, 15) is 4.79 Å². The van der Waals surface area contributed by atoms with Crippen LogP contribution in [0.5, 0.6) is 5.88 Å². The summed E-state index contributed by atoms with van der Waals surface area (Å²) in [4.78, 5) is 11.6. The Balaban J connectivity index is 2.08. The van der Waals surface area contributed by atoms with Crippen molar-refractivity contribution in [3.8, 4) is 5.88 Å². The fourth-order valence-corrected chi connectivity index (χ4v) is 1.50. The summed E-state index contributed by atoms with van der Waals surface area (Å²) in [6.45, 7) is 5.55. The number of ether oxygens (including phenoxy) is 2. The van der Waals surface area contributed by atoms with E-state index in [1.165, 1.54) is 11.6 Å². The minimum absolute atomic E-state index is 0.163. The third-order valence-corrected chi connectivity index (χ3v) is 2.30. The molecule has 0 bridgehead atoms. The molecule has 0 saturated carbocycles. The van der Waals surface area contributed by atoms with Crippen molar-refractivity contribution in [1.82, 2.24) is 25.1 Å². The van der Waals surface area contributed by atoms with Gasteiger partial charge in [-0.25, -0.2) is 4.79 Å².